The SMILES string of the molecule is COCCNCc1nccn1Cc1ncccn1. The van der Waals surface area contributed by atoms with Crippen molar-refractivity contribution in [2.24, 2.45) is 0 Å². The van der Waals surface area contributed by atoms with Crippen molar-refractivity contribution in [3.63, 3.8) is 0 Å². The predicted octanol–water partition coefficient (Wildman–Crippen LogP) is 0.457. The lowest BCUT2D eigenvalue weighted by atomic mass is 10.5. The van der Waals surface area contributed by atoms with Crippen molar-refractivity contribution in [1.82, 2.24) is 24.8 Å². The molecule has 0 aliphatic rings. The maximum atomic E-state index is 4.98. The molecule has 0 amide bonds. The molecule has 0 unspecified atom stereocenters. The number of ether oxygens (including phenoxy) is 1. The van der Waals surface area contributed by atoms with E-state index in [0.29, 0.717) is 19.7 Å². The Morgan fingerprint density at radius 2 is 2.06 bits per heavy atom. The van der Waals surface area contributed by atoms with Gasteiger partial charge in [0, 0.05) is 38.4 Å². The Kier molecular flexibility index (Phi) is 4.80. The molecule has 2 aromatic rings. The lowest BCUT2D eigenvalue weighted by Gasteiger charge is -2.07. The van der Waals surface area contributed by atoms with Crippen LogP contribution in [0.2, 0.25) is 0 Å². The van der Waals surface area contributed by atoms with E-state index < -0.39 is 0 Å². The first-order valence-electron chi connectivity index (χ1n) is 5.85. The highest BCUT2D eigenvalue weighted by molar-refractivity contribution is 4.97. The number of methoxy groups -OCH3 is 1. The first kappa shape index (κ1) is 12.7. The van der Waals surface area contributed by atoms with E-state index >= 15 is 0 Å². The van der Waals surface area contributed by atoms with Crippen LogP contribution in [0.1, 0.15) is 11.6 Å². The van der Waals surface area contributed by atoms with Gasteiger partial charge in [0.2, 0.25) is 0 Å². The van der Waals surface area contributed by atoms with E-state index in [1.807, 2.05) is 16.8 Å². The Hall–Kier alpha value is -1.79. The van der Waals surface area contributed by atoms with Crippen LogP contribution in [0.3, 0.4) is 0 Å². The topological polar surface area (TPSA) is 64.9 Å². The van der Waals surface area contributed by atoms with E-state index in [4.69, 9.17) is 4.74 Å². The normalized spacial score (nSPS) is 10.7. The molecule has 0 atom stereocenters. The summed E-state index contributed by atoms with van der Waals surface area (Å²) < 4.78 is 7.01. The highest BCUT2D eigenvalue weighted by atomic mass is 16.5. The molecule has 0 spiro atoms. The van der Waals surface area contributed by atoms with Gasteiger partial charge in [-0.2, -0.15) is 0 Å². The second-order valence-corrected chi connectivity index (χ2v) is 3.81. The maximum Gasteiger partial charge on any atom is 0.147 e. The summed E-state index contributed by atoms with van der Waals surface area (Å²) in [6, 6.07) is 1.81. The van der Waals surface area contributed by atoms with Crippen molar-refractivity contribution in [3.8, 4) is 0 Å². The third-order valence-corrected chi connectivity index (χ3v) is 2.50. The average molecular weight is 247 g/mol. The molecule has 18 heavy (non-hydrogen) atoms. The molecule has 0 aliphatic carbocycles. The first-order valence-corrected chi connectivity index (χ1v) is 5.85. The lowest BCUT2D eigenvalue weighted by molar-refractivity contribution is 0.199. The number of rotatable bonds is 7. The highest BCUT2D eigenvalue weighted by Crippen LogP contribution is 2.00. The van der Waals surface area contributed by atoms with E-state index in [-0.39, 0.29) is 0 Å². The lowest BCUT2D eigenvalue weighted by Crippen LogP contribution is -2.21. The number of nitrogens with zero attached hydrogens (tertiary/aromatic N) is 4. The minimum Gasteiger partial charge on any atom is -0.383 e. The number of hydrogen-bond acceptors (Lipinski definition) is 5. The molecule has 2 heterocycles. The third kappa shape index (κ3) is 3.61. The zero-order chi connectivity index (χ0) is 12.6. The van der Waals surface area contributed by atoms with E-state index in [9.17, 15) is 0 Å². The van der Waals surface area contributed by atoms with Gasteiger partial charge < -0.3 is 14.6 Å². The van der Waals surface area contributed by atoms with Crippen molar-refractivity contribution >= 4 is 0 Å². The van der Waals surface area contributed by atoms with Crippen LogP contribution in [-0.4, -0.2) is 39.8 Å². The molecule has 6 heteroatoms. The van der Waals surface area contributed by atoms with Gasteiger partial charge in [0.15, 0.2) is 0 Å². The summed E-state index contributed by atoms with van der Waals surface area (Å²) in [7, 11) is 1.69. The fourth-order valence-electron chi connectivity index (χ4n) is 1.59. The van der Waals surface area contributed by atoms with Crippen LogP contribution >= 0.6 is 0 Å². The van der Waals surface area contributed by atoms with Gasteiger partial charge in [-0.05, 0) is 6.07 Å². The number of imidazole rings is 1. The van der Waals surface area contributed by atoms with Crippen LogP contribution in [0.4, 0.5) is 0 Å². The van der Waals surface area contributed by atoms with Gasteiger partial charge in [-0.25, -0.2) is 15.0 Å². The van der Waals surface area contributed by atoms with Crippen molar-refractivity contribution in [2.75, 3.05) is 20.3 Å². The van der Waals surface area contributed by atoms with Gasteiger partial charge >= 0.3 is 0 Å². The molecular weight excluding hydrogens is 230 g/mol. The summed E-state index contributed by atoms with van der Waals surface area (Å²) in [5, 5.41) is 3.27. The second-order valence-electron chi connectivity index (χ2n) is 3.81. The monoisotopic (exact) mass is 247 g/mol. The van der Waals surface area contributed by atoms with Gasteiger partial charge in [0.05, 0.1) is 19.7 Å². The zero-order valence-corrected chi connectivity index (χ0v) is 10.4. The van der Waals surface area contributed by atoms with E-state index in [2.05, 4.69) is 20.3 Å². The molecular formula is C12H17N5O. The molecule has 0 saturated heterocycles. The minimum absolute atomic E-state index is 0.641. The summed E-state index contributed by atoms with van der Waals surface area (Å²) in [5.41, 5.74) is 0. The predicted molar refractivity (Wildman–Crippen MR) is 66.9 cm³/mol. The standard InChI is InChI=1S/C12H17N5O/c1-18-8-6-13-9-12-16-5-7-17(12)10-11-14-3-2-4-15-11/h2-5,7,13H,6,8-10H2,1H3. The van der Waals surface area contributed by atoms with Gasteiger partial charge in [-0.1, -0.05) is 0 Å². The third-order valence-electron chi connectivity index (χ3n) is 2.50. The van der Waals surface area contributed by atoms with Crippen molar-refractivity contribution in [1.29, 1.82) is 0 Å². The summed E-state index contributed by atoms with van der Waals surface area (Å²) in [6.45, 7) is 2.86. The van der Waals surface area contributed by atoms with Crippen molar-refractivity contribution in [3.05, 3.63) is 42.5 Å². The second kappa shape index (κ2) is 6.83. The van der Waals surface area contributed by atoms with Crippen LogP contribution in [0.15, 0.2) is 30.9 Å². The van der Waals surface area contributed by atoms with Crippen molar-refractivity contribution < 1.29 is 4.74 Å². The number of nitrogens with one attached hydrogen (secondary N) is 1. The Balaban J connectivity index is 1.91. The smallest absolute Gasteiger partial charge is 0.147 e. The van der Waals surface area contributed by atoms with Gasteiger partial charge in [0.1, 0.15) is 11.6 Å². The van der Waals surface area contributed by atoms with Gasteiger partial charge in [0.25, 0.3) is 0 Å². The molecule has 0 saturated carbocycles. The number of hydrogen-bond donors (Lipinski definition) is 1. The van der Waals surface area contributed by atoms with E-state index in [1.54, 1.807) is 25.7 Å². The molecule has 2 aromatic heterocycles. The Morgan fingerprint density at radius 1 is 1.22 bits per heavy atom. The molecule has 0 fully saturated rings. The summed E-state index contributed by atoms with van der Waals surface area (Å²) in [5.74, 6) is 1.76. The van der Waals surface area contributed by atoms with E-state index in [1.165, 1.54) is 0 Å². The molecule has 2 rings (SSSR count). The molecule has 1 N–H and O–H groups in total. The first-order chi connectivity index (χ1) is 8.90. The van der Waals surface area contributed by atoms with Crippen LogP contribution < -0.4 is 5.32 Å². The fraction of sp³-hybridized carbons (Fsp3) is 0.417. The Bertz CT molecular complexity index is 457. The van der Waals surface area contributed by atoms with Gasteiger partial charge in [-0.3, -0.25) is 0 Å². The number of aromatic nitrogens is 4. The Morgan fingerprint density at radius 3 is 2.83 bits per heavy atom. The fourth-order valence-corrected chi connectivity index (χ4v) is 1.59. The summed E-state index contributed by atoms with van der Waals surface area (Å²) in [6.07, 6.45) is 7.21. The summed E-state index contributed by atoms with van der Waals surface area (Å²) in [4.78, 5) is 12.7. The minimum atomic E-state index is 0.641. The van der Waals surface area contributed by atoms with Crippen LogP contribution in [-0.2, 0) is 17.8 Å². The zero-order valence-electron chi connectivity index (χ0n) is 10.4. The largest absolute Gasteiger partial charge is 0.383 e. The molecule has 96 valence electrons. The Labute approximate surface area is 106 Å². The molecule has 0 aliphatic heterocycles. The van der Waals surface area contributed by atoms with Crippen LogP contribution in [0, 0.1) is 0 Å². The summed E-state index contributed by atoms with van der Waals surface area (Å²) >= 11 is 0. The van der Waals surface area contributed by atoms with Crippen LogP contribution in [0.25, 0.3) is 0 Å². The highest BCUT2D eigenvalue weighted by Gasteiger charge is 2.04. The van der Waals surface area contributed by atoms with E-state index in [0.717, 1.165) is 18.2 Å². The quantitative estimate of drug-likeness (QED) is 0.720. The van der Waals surface area contributed by atoms with Crippen molar-refractivity contribution in [2.45, 2.75) is 13.1 Å². The molecule has 0 aromatic carbocycles. The molecule has 0 radical (unpaired) electrons. The molecule has 0 bridgehead atoms. The van der Waals surface area contributed by atoms with Crippen LogP contribution in [0.5, 0.6) is 0 Å². The average Bonchev–Trinajstić information content (AvgIpc) is 2.83. The van der Waals surface area contributed by atoms with Gasteiger partial charge in [-0.15, -0.1) is 0 Å². The molecule has 6 nitrogen and oxygen atoms in total. The maximum absolute atomic E-state index is 4.98.